The van der Waals surface area contributed by atoms with Crippen LogP contribution in [0.2, 0.25) is 0 Å². The molecule has 2 fully saturated rings. The van der Waals surface area contributed by atoms with Gasteiger partial charge in [0.2, 0.25) is 11.8 Å². The number of carbonyl (C=O) groups is 4. The second-order valence-electron chi connectivity index (χ2n) is 14.1. The number of benzene rings is 4. The summed E-state index contributed by atoms with van der Waals surface area (Å²) in [5.74, 6) is -3.59. The fraction of sp³-hybridized carbons (Fsp3) is 0.256. The normalized spacial score (nSPS) is 27.3. The minimum absolute atomic E-state index is 0.127. The maximum Gasteiger partial charge on any atom is 0.233 e. The molecule has 7 nitrogen and oxygen atoms in total. The van der Waals surface area contributed by atoms with Crippen molar-refractivity contribution in [3.63, 3.8) is 0 Å². The number of fused-ring (bicyclic) bond motifs is 4. The first-order valence-corrected chi connectivity index (χ1v) is 17.2. The predicted molar refractivity (Wildman–Crippen MR) is 188 cm³/mol. The van der Waals surface area contributed by atoms with Gasteiger partial charge >= 0.3 is 0 Å². The van der Waals surface area contributed by atoms with Crippen molar-refractivity contribution in [2.24, 2.45) is 23.7 Å². The van der Waals surface area contributed by atoms with Gasteiger partial charge in [0.25, 0.3) is 0 Å². The molecule has 1 saturated heterocycles. The number of hydrogen-bond donors (Lipinski definition) is 2. The Bertz CT molecular complexity index is 2100. The third-order valence-electron chi connectivity index (χ3n) is 11.6. The van der Waals surface area contributed by atoms with Crippen molar-refractivity contribution in [1.82, 2.24) is 4.90 Å². The highest BCUT2D eigenvalue weighted by Gasteiger charge is 2.65. The van der Waals surface area contributed by atoms with Gasteiger partial charge in [-0.1, -0.05) is 96.6 Å². The quantitative estimate of drug-likeness (QED) is 0.181. The molecule has 4 aliphatic rings. The van der Waals surface area contributed by atoms with Gasteiger partial charge in [-0.3, -0.25) is 24.1 Å². The molecule has 1 heterocycles. The van der Waals surface area contributed by atoms with E-state index in [2.05, 4.69) is 6.08 Å². The van der Waals surface area contributed by atoms with Crippen molar-refractivity contribution < 1.29 is 29.4 Å². The largest absolute Gasteiger partial charge is 0.508 e. The molecule has 0 radical (unpaired) electrons. The standard InChI is InChI=1S/C43H37NO6/c1-25-22-28(14-19-36(25)46)39-31-17-18-32-38(42(50)44(41(32)49)21-20-26-12-15-30(45)16-13-26)34(31)23-35-40(48)33(27-8-4-2-5-9-27)24-37(47)43(35,39)29-10-6-3-7-11-29/h2-17,19,22,24,32,34-35,38-39,45-46H,18,20-21,23H2,1H3. The Balaban J connectivity index is 1.28. The molecule has 0 aromatic heterocycles. The van der Waals surface area contributed by atoms with Gasteiger partial charge in [0.15, 0.2) is 11.6 Å². The molecule has 4 aromatic rings. The van der Waals surface area contributed by atoms with Crippen LogP contribution in [0.25, 0.3) is 5.57 Å². The average molecular weight is 664 g/mol. The number of likely N-dealkylation sites (tertiary alicyclic amines) is 1. The molecular formula is C43H37NO6. The van der Waals surface area contributed by atoms with Crippen molar-refractivity contribution in [3.05, 3.63) is 149 Å². The van der Waals surface area contributed by atoms with E-state index in [0.717, 1.165) is 22.3 Å². The Morgan fingerprint density at radius 2 is 1.50 bits per heavy atom. The summed E-state index contributed by atoms with van der Waals surface area (Å²) in [6.45, 7) is 2.03. The summed E-state index contributed by atoms with van der Waals surface area (Å²) >= 11 is 0. The number of aromatic hydroxyl groups is 2. The number of imide groups is 1. The van der Waals surface area contributed by atoms with Crippen molar-refractivity contribution >= 4 is 29.0 Å². The highest BCUT2D eigenvalue weighted by atomic mass is 16.3. The van der Waals surface area contributed by atoms with Gasteiger partial charge in [0, 0.05) is 24.0 Å². The van der Waals surface area contributed by atoms with Gasteiger partial charge in [0.1, 0.15) is 11.5 Å². The third kappa shape index (κ3) is 4.78. The highest BCUT2D eigenvalue weighted by molar-refractivity contribution is 6.31. The van der Waals surface area contributed by atoms with Crippen LogP contribution in [0, 0.1) is 30.6 Å². The monoisotopic (exact) mass is 663 g/mol. The fourth-order valence-corrected chi connectivity index (χ4v) is 9.30. The van der Waals surface area contributed by atoms with Gasteiger partial charge in [-0.2, -0.15) is 0 Å². The number of allylic oxidation sites excluding steroid dienone is 4. The number of hydrogen-bond acceptors (Lipinski definition) is 6. The van der Waals surface area contributed by atoms with E-state index in [4.69, 9.17) is 0 Å². The molecule has 1 aliphatic heterocycles. The lowest BCUT2D eigenvalue weighted by atomic mass is 9.44. The summed E-state index contributed by atoms with van der Waals surface area (Å²) in [5.41, 5.74) is 3.67. The molecule has 7 heteroatoms. The second-order valence-corrected chi connectivity index (χ2v) is 14.1. The minimum atomic E-state index is -1.31. The molecule has 2 amide bonds. The van der Waals surface area contributed by atoms with E-state index in [1.54, 1.807) is 30.3 Å². The number of amides is 2. The average Bonchev–Trinajstić information content (AvgIpc) is 3.38. The van der Waals surface area contributed by atoms with Gasteiger partial charge in [-0.25, -0.2) is 0 Å². The van der Waals surface area contributed by atoms with Gasteiger partial charge in [0.05, 0.1) is 17.3 Å². The molecule has 1 saturated carbocycles. The Labute approximate surface area is 290 Å². The van der Waals surface area contributed by atoms with E-state index in [-0.39, 0.29) is 47.8 Å². The van der Waals surface area contributed by atoms with Gasteiger partial charge in [-0.15, -0.1) is 0 Å². The summed E-state index contributed by atoms with van der Waals surface area (Å²) in [5, 5.41) is 20.3. The predicted octanol–water partition coefficient (Wildman–Crippen LogP) is 6.47. The van der Waals surface area contributed by atoms with Crippen LogP contribution < -0.4 is 0 Å². The second kappa shape index (κ2) is 12.1. The van der Waals surface area contributed by atoms with Crippen LogP contribution in [0.3, 0.4) is 0 Å². The Kier molecular flexibility index (Phi) is 7.66. The lowest BCUT2D eigenvalue weighted by Crippen LogP contribution is -2.58. The lowest BCUT2D eigenvalue weighted by Gasteiger charge is -2.55. The topological polar surface area (TPSA) is 112 Å². The fourth-order valence-electron chi connectivity index (χ4n) is 9.30. The van der Waals surface area contributed by atoms with Crippen molar-refractivity contribution in [3.8, 4) is 11.5 Å². The van der Waals surface area contributed by atoms with Gasteiger partial charge < -0.3 is 10.2 Å². The molecule has 6 unspecified atom stereocenters. The Hall–Kier alpha value is -5.56. The molecule has 4 aromatic carbocycles. The van der Waals surface area contributed by atoms with Crippen LogP contribution >= 0.6 is 0 Å². The molecule has 2 N–H and O–H groups in total. The van der Waals surface area contributed by atoms with E-state index >= 15 is 4.79 Å². The van der Waals surface area contributed by atoms with Crippen molar-refractivity contribution in [2.75, 3.05) is 6.54 Å². The summed E-state index contributed by atoms with van der Waals surface area (Å²) in [4.78, 5) is 59.8. The molecule has 0 spiro atoms. The Morgan fingerprint density at radius 1 is 0.800 bits per heavy atom. The zero-order valence-corrected chi connectivity index (χ0v) is 27.7. The highest BCUT2D eigenvalue weighted by Crippen LogP contribution is 2.63. The maximum atomic E-state index is 15.1. The van der Waals surface area contributed by atoms with Crippen molar-refractivity contribution in [1.29, 1.82) is 0 Å². The van der Waals surface area contributed by atoms with E-state index in [1.807, 2.05) is 79.7 Å². The molecule has 250 valence electrons. The van der Waals surface area contributed by atoms with Crippen LogP contribution in [0.4, 0.5) is 0 Å². The van der Waals surface area contributed by atoms with Crippen LogP contribution in [0.5, 0.6) is 11.5 Å². The number of aryl methyl sites for hydroxylation is 1. The number of phenolic OH excluding ortho intramolecular Hbond substituents is 2. The summed E-state index contributed by atoms with van der Waals surface area (Å²) in [6, 6.07) is 30.8. The minimum Gasteiger partial charge on any atom is -0.508 e. The van der Waals surface area contributed by atoms with E-state index in [1.165, 1.54) is 11.0 Å². The van der Waals surface area contributed by atoms with E-state index in [0.29, 0.717) is 29.5 Å². The maximum absolute atomic E-state index is 15.1. The van der Waals surface area contributed by atoms with E-state index < -0.39 is 35.0 Å². The summed E-state index contributed by atoms with van der Waals surface area (Å²) in [7, 11) is 0. The molecule has 50 heavy (non-hydrogen) atoms. The number of phenols is 2. The van der Waals surface area contributed by atoms with Crippen LogP contribution in [-0.4, -0.2) is 45.0 Å². The molecule has 8 rings (SSSR count). The van der Waals surface area contributed by atoms with Crippen LogP contribution in [0.15, 0.2) is 121 Å². The smallest absolute Gasteiger partial charge is 0.233 e. The molecule has 3 aliphatic carbocycles. The number of carbonyl (C=O) groups excluding carboxylic acids is 4. The van der Waals surface area contributed by atoms with Crippen molar-refractivity contribution in [2.45, 2.75) is 37.5 Å². The first-order chi connectivity index (χ1) is 24.2. The number of ketones is 2. The Morgan fingerprint density at radius 3 is 2.20 bits per heavy atom. The van der Waals surface area contributed by atoms with E-state index in [9.17, 15) is 24.6 Å². The first kappa shape index (κ1) is 31.7. The third-order valence-corrected chi connectivity index (χ3v) is 11.6. The summed E-state index contributed by atoms with van der Waals surface area (Å²) in [6.07, 6.45) is 4.63. The summed E-state index contributed by atoms with van der Waals surface area (Å²) < 4.78 is 0. The number of nitrogens with zero attached hydrogens (tertiary/aromatic N) is 1. The zero-order chi connectivity index (χ0) is 34.7. The molecule has 6 atom stereocenters. The lowest BCUT2D eigenvalue weighted by molar-refractivity contribution is -0.140. The van der Waals surface area contributed by atoms with Crippen LogP contribution in [0.1, 0.15) is 46.6 Å². The molecule has 0 bridgehead atoms. The first-order valence-electron chi connectivity index (χ1n) is 17.2. The SMILES string of the molecule is Cc1cc(C2C3=CCC4C(=O)N(CCc5ccc(O)cc5)C(=O)C4C3CC3C(=O)C(c4ccccc4)=CC(=O)C32c2ccccc2)ccc1O. The van der Waals surface area contributed by atoms with Crippen LogP contribution in [-0.2, 0) is 31.0 Å². The number of Topliss-reactive ketones (excluding diaryl/α,β-unsaturated/α-hetero) is 1. The molecular weight excluding hydrogens is 626 g/mol. The van der Waals surface area contributed by atoms with Gasteiger partial charge in [-0.05, 0) is 84.2 Å². The zero-order valence-electron chi connectivity index (χ0n) is 27.7. The number of rotatable bonds is 6.